The van der Waals surface area contributed by atoms with Crippen LogP contribution in [0.1, 0.15) is 11.1 Å². The summed E-state index contributed by atoms with van der Waals surface area (Å²) in [5, 5.41) is 10.3. The van der Waals surface area contributed by atoms with Gasteiger partial charge in [0, 0.05) is 36.7 Å². The summed E-state index contributed by atoms with van der Waals surface area (Å²) in [5.41, 5.74) is 8.67. The Balaban J connectivity index is 1.81. The standard InChI is InChI=1S/C23H24N4O3S/c1-27(15-16-7-6-10-18(13-16)22(24)25)23(28)26-19-11-12-20(17-8-4-3-5-9-17)21(14-19)31(2,29)30/h3-14H,15H2,1-2H3,(H3,24,25)(H,26,28). The second kappa shape index (κ2) is 9.01. The Morgan fingerprint density at radius 1 is 1.03 bits per heavy atom. The van der Waals surface area contributed by atoms with Gasteiger partial charge in [0.25, 0.3) is 0 Å². The van der Waals surface area contributed by atoms with E-state index in [2.05, 4.69) is 5.32 Å². The summed E-state index contributed by atoms with van der Waals surface area (Å²) < 4.78 is 24.8. The highest BCUT2D eigenvalue weighted by Gasteiger charge is 2.17. The number of urea groups is 1. The second-order valence-corrected chi connectivity index (χ2v) is 9.23. The molecule has 2 amide bonds. The molecule has 0 saturated heterocycles. The van der Waals surface area contributed by atoms with E-state index in [4.69, 9.17) is 11.1 Å². The fraction of sp³-hybridized carbons (Fsp3) is 0.130. The average molecular weight is 437 g/mol. The number of hydrogen-bond donors (Lipinski definition) is 3. The summed E-state index contributed by atoms with van der Waals surface area (Å²) in [7, 11) is -1.89. The van der Waals surface area contributed by atoms with Crippen LogP contribution in [-0.2, 0) is 16.4 Å². The number of rotatable bonds is 6. The Morgan fingerprint density at radius 3 is 2.39 bits per heavy atom. The first-order chi connectivity index (χ1) is 14.6. The van der Waals surface area contributed by atoms with Crippen molar-refractivity contribution in [3.8, 4) is 11.1 Å². The first kappa shape index (κ1) is 22.0. The predicted octanol–water partition coefficient (Wildman–Crippen LogP) is 3.71. The first-order valence-electron chi connectivity index (χ1n) is 9.50. The maximum atomic E-state index is 12.6. The van der Waals surface area contributed by atoms with Crippen LogP contribution in [0.5, 0.6) is 0 Å². The minimum absolute atomic E-state index is 0.0410. The van der Waals surface area contributed by atoms with Crippen molar-refractivity contribution in [2.75, 3.05) is 18.6 Å². The number of hydrogen-bond acceptors (Lipinski definition) is 4. The fourth-order valence-electron chi connectivity index (χ4n) is 3.16. The maximum absolute atomic E-state index is 12.6. The van der Waals surface area contributed by atoms with Crippen molar-refractivity contribution in [2.24, 2.45) is 5.73 Å². The van der Waals surface area contributed by atoms with E-state index in [0.29, 0.717) is 23.4 Å². The summed E-state index contributed by atoms with van der Waals surface area (Å²) in [6, 6.07) is 20.8. The van der Waals surface area contributed by atoms with E-state index in [-0.39, 0.29) is 16.8 Å². The third-order valence-electron chi connectivity index (χ3n) is 4.72. The SMILES string of the molecule is CN(Cc1cccc(C(=N)N)c1)C(=O)Nc1ccc(-c2ccccc2)c(S(C)(=O)=O)c1. The molecule has 8 heteroatoms. The summed E-state index contributed by atoms with van der Waals surface area (Å²) in [4.78, 5) is 14.3. The minimum Gasteiger partial charge on any atom is -0.384 e. The summed E-state index contributed by atoms with van der Waals surface area (Å²) in [5.74, 6) is -0.0410. The molecule has 0 aliphatic rings. The molecule has 0 bridgehead atoms. The molecule has 0 unspecified atom stereocenters. The number of nitrogen functional groups attached to an aromatic ring is 1. The van der Waals surface area contributed by atoms with Crippen LogP contribution >= 0.6 is 0 Å². The van der Waals surface area contributed by atoms with Gasteiger partial charge in [-0.05, 0) is 29.3 Å². The van der Waals surface area contributed by atoms with Gasteiger partial charge < -0.3 is 16.0 Å². The van der Waals surface area contributed by atoms with E-state index in [9.17, 15) is 13.2 Å². The van der Waals surface area contributed by atoms with E-state index < -0.39 is 9.84 Å². The topological polar surface area (TPSA) is 116 Å². The average Bonchev–Trinajstić information content (AvgIpc) is 2.74. The maximum Gasteiger partial charge on any atom is 0.321 e. The highest BCUT2D eigenvalue weighted by molar-refractivity contribution is 7.90. The molecule has 0 heterocycles. The first-order valence-corrected chi connectivity index (χ1v) is 11.4. The van der Waals surface area contributed by atoms with Gasteiger partial charge in [0.2, 0.25) is 0 Å². The van der Waals surface area contributed by atoms with Crippen LogP contribution < -0.4 is 11.1 Å². The van der Waals surface area contributed by atoms with E-state index in [1.807, 2.05) is 36.4 Å². The zero-order chi connectivity index (χ0) is 22.6. The number of amides is 2. The van der Waals surface area contributed by atoms with Crippen molar-refractivity contribution >= 4 is 27.4 Å². The van der Waals surface area contributed by atoms with Gasteiger partial charge in [0.1, 0.15) is 5.84 Å². The van der Waals surface area contributed by atoms with E-state index >= 15 is 0 Å². The largest absolute Gasteiger partial charge is 0.384 e. The molecule has 0 spiro atoms. The van der Waals surface area contributed by atoms with E-state index in [1.165, 1.54) is 11.0 Å². The summed E-state index contributed by atoms with van der Waals surface area (Å²) in [6.45, 7) is 0.300. The number of anilines is 1. The third kappa shape index (κ3) is 5.49. The van der Waals surface area contributed by atoms with Crippen molar-refractivity contribution in [3.63, 3.8) is 0 Å². The zero-order valence-corrected chi connectivity index (χ0v) is 18.1. The lowest BCUT2D eigenvalue weighted by molar-refractivity contribution is 0.220. The van der Waals surface area contributed by atoms with Crippen LogP contribution in [0.3, 0.4) is 0 Å². The number of nitrogens with zero attached hydrogens (tertiary/aromatic N) is 1. The zero-order valence-electron chi connectivity index (χ0n) is 17.3. The molecular weight excluding hydrogens is 412 g/mol. The summed E-state index contributed by atoms with van der Waals surface area (Å²) in [6.07, 6.45) is 1.15. The Hall–Kier alpha value is -3.65. The number of amidine groups is 1. The molecule has 0 atom stereocenters. The lowest BCUT2D eigenvalue weighted by atomic mass is 10.1. The summed E-state index contributed by atoms with van der Waals surface area (Å²) >= 11 is 0. The van der Waals surface area contributed by atoms with Gasteiger partial charge in [-0.3, -0.25) is 5.41 Å². The van der Waals surface area contributed by atoms with Crippen molar-refractivity contribution in [1.29, 1.82) is 5.41 Å². The van der Waals surface area contributed by atoms with E-state index in [0.717, 1.165) is 17.4 Å². The molecular formula is C23H24N4O3S. The molecule has 0 saturated carbocycles. The molecule has 160 valence electrons. The molecule has 0 aliphatic heterocycles. The van der Waals surface area contributed by atoms with Gasteiger partial charge in [-0.2, -0.15) is 0 Å². The Kier molecular flexibility index (Phi) is 6.41. The number of benzene rings is 3. The number of nitrogens with two attached hydrogens (primary N) is 1. The van der Waals surface area contributed by atoms with Gasteiger partial charge in [-0.15, -0.1) is 0 Å². The predicted molar refractivity (Wildman–Crippen MR) is 123 cm³/mol. The highest BCUT2D eigenvalue weighted by Crippen LogP contribution is 2.30. The number of carbonyl (C=O) groups excluding carboxylic acids is 1. The molecule has 0 radical (unpaired) electrons. The normalized spacial score (nSPS) is 11.0. The van der Waals surface area contributed by atoms with Crippen LogP contribution in [0.4, 0.5) is 10.5 Å². The highest BCUT2D eigenvalue weighted by atomic mass is 32.2. The molecule has 7 nitrogen and oxygen atoms in total. The Morgan fingerprint density at radius 2 is 1.74 bits per heavy atom. The Bertz CT molecular complexity index is 1220. The minimum atomic E-state index is -3.52. The molecule has 3 rings (SSSR count). The quantitative estimate of drug-likeness (QED) is 0.403. The molecule has 0 fully saturated rings. The van der Waals surface area contributed by atoms with E-state index in [1.54, 1.807) is 37.4 Å². The lowest BCUT2D eigenvalue weighted by Gasteiger charge is -2.19. The van der Waals surface area contributed by atoms with Crippen LogP contribution in [0.25, 0.3) is 11.1 Å². The van der Waals surface area contributed by atoms with Gasteiger partial charge in [0.05, 0.1) is 4.90 Å². The number of carbonyl (C=O) groups is 1. The molecule has 0 aliphatic carbocycles. The molecule has 4 N–H and O–H groups in total. The van der Waals surface area contributed by atoms with Crippen molar-refractivity contribution in [2.45, 2.75) is 11.4 Å². The van der Waals surface area contributed by atoms with Crippen molar-refractivity contribution < 1.29 is 13.2 Å². The van der Waals surface area contributed by atoms with Gasteiger partial charge in [0.15, 0.2) is 9.84 Å². The smallest absolute Gasteiger partial charge is 0.321 e. The molecule has 31 heavy (non-hydrogen) atoms. The monoisotopic (exact) mass is 436 g/mol. The molecule has 3 aromatic rings. The lowest BCUT2D eigenvalue weighted by Crippen LogP contribution is -2.31. The molecule has 0 aromatic heterocycles. The van der Waals surface area contributed by atoms with Gasteiger partial charge in [-0.1, -0.05) is 54.6 Å². The fourth-order valence-corrected chi connectivity index (χ4v) is 4.09. The Labute approximate surface area is 181 Å². The van der Waals surface area contributed by atoms with Crippen LogP contribution in [0.2, 0.25) is 0 Å². The van der Waals surface area contributed by atoms with Crippen LogP contribution in [-0.4, -0.2) is 38.5 Å². The van der Waals surface area contributed by atoms with Crippen molar-refractivity contribution in [1.82, 2.24) is 4.90 Å². The number of sulfone groups is 1. The van der Waals surface area contributed by atoms with Crippen LogP contribution in [0, 0.1) is 5.41 Å². The second-order valence-electron chi connectivity index (χ2n) is 7.25. The third-order valence-corrected chi connectivity index (χ3v) is 5.86. The van der Waals surface area contributed by atoms with Crippen LogP contribution in [0.15, 0.2) is 77.7 Å². The van der Waals surface area contributed by atoms with Gasteiger partial charge >= 0.3 is 6.03 Å². The van der Waals surface area contributed by atoms with Gasteiger partial charge in [-0.25, -0.2) is 13.2 Å². The molecule has 3 aromatic carbocycles. The number of nitrogens with one attached hydrogen (secondary N) is 2. The van der Waals surface area contributed by atoms with Crippen molar-refractivity contribution in [3.05, 3.63) is 83.9 Å².